The molecule has 0 aromatic heterocycles. The van der Waals surface area contributed by atoms with Gasteiger partial charge in [-0.05, 0) is 11.6 Å². The second-order valence-electron chi connectivity index (χ2n) is 4.29. The van der Waals surface area contributed by atoms with Crippen molar-refractivity contribution in [2.75, 3.05) is 38.6 Å². The molecule has 0 saturated carbocycles. The van der Waals surface area contributed by atoms with Crippen molar-refractivity contribution in [2.45, 2.75) is 10.8 Å². The van der Waals surface area contributed by atoms with Gasteiger partial charge in [-0.2, -0.15) is 0 Å². The molecule has 0 fully saturated rings. The summed E-state index contributed by atoms with van der Waals surface area (Å²) in [7, 11) is 0. The lowest BCUT2D eigenvalue weighted by Gasteiger charge is -2.24. The number of nitrogens with zero attached hydrogens (tertiary/aromatic N) is 1. The lowest BCUT2D eigenvalue weighted by atomic mass is 10.0. The highest BCUT2D eigenvalue weighted by Gasteiger charge is 2.24. The van der Waals surface area contributed by atoms with Crippen LogP contribution in [-0.4, -0.2) is 53.7 Å². The maximum absolute atomic E-state index is 9.00. The van der Waals surface area contributed by atoms with Crippen molar-refractivity contribution in [3.63, 3.8) is 0 Å². The number of hydrogen-bond donors (Lipinski definition) is 2. The van der Waals surface area contributed by atoms with E-state index in [-0.39, 0.29) is 13.2 Å². The number of thioether (sulfide) groups is 1. The second kappa shape index (κ2) is 6.40. The average Bonchev–Trinajstić information content (AvgIpc) is 2.74. The highest BCUT2D eigenvalue weighted by molar-refractivity contribution is 7.99. The predicted octanol–water partition coefficient (Wildman–Crippen LogP) is 1.16. The fourth-order valence-corrected chi connectivity index (χ4v) is 3.51. The highest BCUT2D eigenvalue weighted by Crippen LogP contribution is 2.39. The van der Waals surface area contributed by atoms with Gasteiger partial charge >= 0.3 is 0 Å². The Morgan fingerprint density at radius 3 is 2.59 bits per heavy atom. The smallest absolute Gasteiger partial charge is 0.0558 e. The van der Waals surface area contributed by atoms with Gasteiger partial charge in [0.05, 0.1) is 13.2 Å². The van der Waals surface area contributed by atoms with Crippen molar-refractivity contribution in [3.05, 3.63) is 29.8 Å². The summed E-state index contributed by atoms with van der Waals surface area (Å²) in [5.74, 6) is 1.63. The van der Waals surface area contributed by atoms with Gasteiger partial charge in [-0.3, -0.25) is 4.90 Å². The first-order chi connectivity index (χ1) is 8.35. The third-order valence-corrected chi connectivity index (χ3v) is 4.36. The third-order valence-electron chi connectivity index (χ3n) is 3.11. The Bertz CT molecular complexity index is 353. The molecule has 17 heavy (non-hydrogen) atoms. The normalized spacial score (nSPS) is 18.6. The molecular formula is C13H19NO2S. The Labute approximate surface area is 106 Å². The molecule has 0 amide bonds. The van der Waals surface area contributed by atoms with Crippen LogP contribution < -0.4 is 0 Å². The molecule has 2 rings (SSSR count). The molecule has 1 aliphatic rings. The van der Waals surface area contributed by atoms with Crippen LogP contribution in [0.3, 0.4) is 0 Å². The number of aliphatic hydroxyl groups excluding tert-OH is 2. The highest BCUT2D eigenvalue weighted by atomic mass is 32.2. The quantitative estimate of drug-likeness (QED) is 0.798. The van der Waals surface area contributed by atoms with Gasteiger partial charge in [0.2, 0.25) is 0 Å². The van der Waals surface area contributed by atoms with Crippen molar-refractivity contribution in [2.24, 2.45) is 0 Å². The van der Waals surface area contributed by atoms with E-state index in [0.29, 0.717) is 19.0 Å². The van der Waals surface area contributed by atoms with Gasteiger partial charge in [0.1, 0.15) is 0 Å². The van der Waals surface area contributed by atoms with E-state index in [1.807, 2.05) is 11.8 Å². The summed E-state index contributed by atoms with van der Waals surface area (Å²) in [5, 5.41) is 18.0. The molecule has 94 valence electrons. The van der Waals surface area contributed by atoms with Gasteiger partial charge in [-0.15, -0.1) is 11.8 Å². The molecule has 1 aromatic carbocycles. The summed E-state index contributed by atoms with van der Waals surface area (Å²) in [6.07, 6.45) is 0. The first kappa shape index (κ1) is 12.9. The molecule has 1 heterocycles. The summed E-state index contributed by atoms with van der Waals surface area (Å²) in [6.45, 7) is 2.52. The Kier molecular flexibility index (Phi) is 4.86. The number of benzene rings is 1. The molecule has 0 bridgehead atoms. The van der Waals surface area contributed by atoms with E-state index in [9.17, 15) is 0 Å². The lowest BCUT2D eigenvalue weighted by molar-refractivity contribution is 0.157. The van der Waals surface area contributed by atoms with Crippen molar-refractivity contribution < 1.29 is 10.2 Å². The zero-order chi connectivity index (χ0) is 12.1. The van der Waals surface area contributed by atoms with Gasteiger partial charge in [0.25, 0.3) is 0 Å². The SMILES string of the molecule is OCCN(CCO)CC1CSc2ccccc21. The van der Waals surface area contributed by atoms with Crippen molar-refractivity contribution in [1.29, 1.82) is 0 Å². The molecule has 3 nitrogen and oxygen atoms in total. The van der Waals surface area contributed by atoms with E-state index in [0.717, 1.165) is 12.3 Å². The largest absolute Gasteiger partial charge is 0.395 e. The number of hydrogen-bond acceptors (Lipinski definition) is 4. The van der Waals surface area contributed by atoms with Gasteiger partial charge < -0.3 is 10.2 Å². The zero-order valence-corrected chi connectivity index (χ0v) is 10.7. The predicted molar refractivity (Wildman–Crippen MR) is 70.5 cm³/mol. The molecule has 0 spiro atoms. The third kappa shape index (κ3) is 3.22. The van der Waals surface area contributed by atoms with E-state index < -0.39 is 0 Å². The first-order valence-electron chi connectivity index (χ1n) is 6.01. The summed E-state index contributed by atoms with van der Waals surface area (Å²) >= 11 is 1.90. The van der Waals surface area contributed by atoms with Gasteiger partial charge in [0, 0.05) is 36.2 Å². The molecule has 1 atom stereocenters. The number of fused-ring (bicyclic) bond motifs is 1. The van der Waals surface area contributed by atoms with Crippen LogP contribution in [0.1, 0.15) is 11.5 Å². The van der Waals surface area contributed by atoms with E-state index >= 15 is 0 Å². The second-order valence-corrected chi connectivity index (χ2v) is 5.36. The van der Waals surface area contributed by atoms with E-state index in [4.69, 9.17) is 10.2 Å². The topological polar surface area (TPSA) is 43.7 Å². The Hall–Kier alpha value is -0.550. The summed E-state index contributed by atoms with van der Waals surface area (Å²) in [4.78, 5) is 3.51. The maximum Gasteiger partial charge on any atom is 0.0558 e. The van der Waals surface area contributed by atoms with Crippen molar-refractivity contribution in [3.8, 4) is 0 Å². The molecule has 1 aliphatic heterocycles. The molecule has 4 heteroatoms. The lowest BCUT2D eigenvalue weighted by Crippen LogP contribution is -2.33. The van der Waals surface area contributed by atoms with Gasteiger partial charge in [-0.1, -0.05) is 18.2 Å². The van der Waals surface area contributed by atoms with Crippen molar-refractivity contribution >= 4 is 11.8 Å². The fourth-order valence-electron chi connectivity index (χ4n) is 2.27. The fraction of sp³-hybridized carbons (Fsp3) is 0.538. The molecule has 1 aromatic rings. The van der Waals surface area contributed by atoms with Crippen LogP contribution >= 0.6 is 11.8 Å². The molecule has 1 unspecified atom stereocenters. The Morgan fingerprint density at radius 2 is 1.88 bits per heavy atom. The average molecular weight is 253 g/mol. The molecule has 0 radical (unpaired) electrons. The zero-order valence-electron chi connectivity index (χ0n) is 9.88. The standard InChI is InChI=1S/C13H19NO2S/c15-7-5-14(6-8-16)9-11-10-17-13-4-2-1-3-12(11)13/h1-4,11,15-16H,5-10H2. The maximum atomic E-state index is 9.00. The van der Waals surface area contributed by atoms with Crippen LogP contribution in [0.5, 0.6) is 0 Å². The van der Waals surface area contributed by atoms with Crippen LogP contribution in [0, 0.1) is 0 Å². The van der Waals surface area contributed by atoms with Crippen molar-refractivity contribution in [1.82, 2.24) is 4.90 Å². The summed E-state index contributed by atoms with van der Waals surface area (Å²) in [5.41, 5.74) is 1.42. The first-order valence-corrected chi connectivity index (χ1v) is 6.99. The minimum Gasteiger partial charge on any atom is -0.395 e. The number of aliphatic hydroxyl groups is 2. The van der Waals surface area contributed by atoms with Crippen LogP contribution in [0.15, 0.2) is 29.2 Å². The summed E-state index contributed by atoms with van der Waals surface area (Å²) in [6, 6.07) is 8.52. The van der Waals surface area contributed by atoms with Gasteiger partial charge in [0.15, 0.2) is 0 Å². The minimum absolute atomic E-state index is 0.154. The summed E-state index contributed by atoms with van der Waals surface area (Å²) < 4.78 is 0. The molecule has 2 N–H and O–H groups in total. The van der Waals surface area contributed by atoms with Crippen LogP contribution in [0.2, 0.25) is 0 Å². The number of rotatable bonds is 6. The molecule has 0 aliphatic carbocycles. The van der Waals surface area contributed by atoms with Crippen LogP contribution in [0.4, 0.5) is 0 Å². The Balaban J connectivity index is 1.99. The molecular weight excluding hydrogens is 234 g/mol. The van der Waals surface area contributed by atoms with Gasteiger partial charge in [-0.25, -0.2) is 0 Å². The van der Waals surface area contributed by atoms with Crippen LogP contribution in [0.25, 0.3) is 0 Å². The van der Waals surface area contributed by atoms with Crippen LogP contribution in [-0.2, 0) is 0 Å². The van der Waals surface area contributed by atoms with E-state index in [2.05, 4.69) is 29.2 Å². The molecule has 0 saturated heterocycles. The minimum atomic E-state index is 0.154. The van der Waals surface area contributed by atoms with E-state index in [1.54, 1.807) is 0 Å². The van der Waals surface area contributed by atoms with E-state index in [1.165, 1.54) is 10.5 Å². The monoisotopic (exact) mass is 253 g/mol. The Morgan fingerprint density at radius 1 is 1.18 bits per heavy atom.